The summed E-state index contributed by atoms with van der Waals surface area (Å²) >= 11 is 5.80. The molecule has 1 N–H and O–H groups in total. The Labute approximate surface area is 179 Å². The lowest BCUT2D eigenvalue weighted by atomic mass is 10.0. The molecule has 0 saturated heterocycles. The maximum atomic E-state index is 13.2. The molecule has 2 aromatic rings. The Morgan fingerprint density at radius 1 is 1.23 bits per heavy atom. The highest BCUT2D eigenvalue weighted by Gasteiger charge is 2.30. The predicted octanol–water partition coefficient (Wildman–Crippen LogP) is 7.05. The van der Waals surface area contributed by atoms with Crippen molar-refractivity contribution in [2.24, 2.45) is 10.9 Å². The van der Waals surface area contributed by atoms with Crippen LogP contribution in [0, 0.1) is 11.3 Å². The van der Waals surface area contributed by atoms with E-state index in [4.69, 9.17) is 21.7 Å². The first-order valence-corrected chi connectivity index (χ1v) is 9.75. The molecule has 1 aromatic heterocycles. The molecule has 0 amide bonds. The fourth-order valence-corrected chi connectivity index (χ4v) is 2.55. The fourth-order valence-electron chi connectivity index (χ4n) is 2.44. The van der Waals surface area contributed by atoms with Crippen LogP contribution >= 0.6 is 11.6 Å². The number of aliphatic imine (C=N–C) groups is 1. The Morgan fingerprint density at radius 3 is 2.47 bits per heavy atom. The van der Waals surface area contributed by atoms with Crippen molar-refractivity contribution in [3.63, 3.8) is 0 Å². The molecule has 1 aromatic carbocycles. The van der Waals surface area contributed by atoms with Crippen LogP contribution in [-0.2, 0) is 6.18 Å². The number of benzene rings is 1. The molecule has 4 nitrogen and oxygen atoms in total. The second-order valence-corrected chi connectivity index (χ2v) is 7.35. The van der Waals surface area contributed by atoms with E-state index in [1.807, 2.05) is 20.8 Å². The molecule has 0 bridgehead atoms. The largest absolute Gasteiger partial charge is 0.436 e. The number of nitrogens with zero attached hydrogens (tertiary/aromatic N) is 2. The number of halogens is 4. The van der Waals surface area contributed by atoms with Crippen molar-refractivity contribution < 1.29 is 17.9 Å². The van der Waals surface area contributed by atoms with E-state index in [9.17, 15) is 13.2 Å². The second-order valence-electron chi connectivity index (χ2n) is 6.97. The normalized spacial score (nSPS) is 13.3. The quantitative estimate of drug-likeness (QED) is 0.299. The van der Waals surface area contributed by atoms with E-state index in [2.05, 4.69) is 9.98 Å². The molecule has 0 unspecified atom stereocenters. The molecule has 1 heterocycles. The number of hydrogen-bond acceptors (Lipinski definition) is 4. The zero-order chi connectivity index (χ0) is 22.5. The number of allylic oxidation sites excluding steroid dienone is 1. The minimum Gasteiger partial charge on any atom is -0.436 e. The Bertz CT molecular complexity index is 964. The third-order valence-electron chi connectivity index (χ3n) is 4.33. The highest BCUT2D eigenvalue weighted by atomic mass is 35.5. The smallest absolute Gasteiger partial charge is 0.416 e. The third-order valence-corrected chi connectivity index (χ3v) is 4.56. The van der Waals surface area contributed by atoms with Gasteiger partial charge in [-0.1, -0.05) is 44.5 Å². The van der Waals surface area contributed by atoms with E-state index in [-0.39, 0.29) is 22.7 Å². The summed E-state index contributed by atoms with van der Waals surface area (Å²) in [6.07, 6.45) is -2.50. The Hall–Kier alpha value is -2.67. The summed E-state index contributed by atoms with van der Waals surface area (Å²) in [7, 11) is 0. The van der Waals surface area contributed by atoms with Crippen molar-refractivity contribution in [3.8, 4) is 5.75 Å². The molecule has 0 aliphatic rings. The van der Waals surface area contributed by atoms with E-state index in [0.717, 1.165) is 17.7 Å². The lowest BCUT2D eigenvalue weighted by molar-refractivity contribution is -0.137. The van der Waals surface area contributed by atoms with Crippen LogP contribution < -0.4 is 4.74 Å². The molecule has 0 aliphatic heterocycles. The number of hydrogen-bond donors (Lipinski definition) is 1. The van der Waals surface area contributed by atoms with Gasteiger partial charge in [-0.3, -0.25) is 5.41 Å². The number of ether oxygens (including phenoxy) is 1. The second kappa shape index (κ2) is 9.89. The van der Waals surface area contributed by atoms with Crippen LogP contribution in [0.3, 0.4) is 0 Å². The predicted molar refractivity (Wildman–Crippen MR) is 114 cm³/mol. The number of nitrogens with one attached hydrogen (secondary N) is 1. The standard InChI is InChI=1S/C22H23ClF3N3O/c1-5-14(4)20(15-7-6-8-16(11-15)22(24,25)26)29-21(19(27)13(2)3)30-17-9-10-18(23)28-12-17/h6-13,27H,5H2,1-4H3/b20-14+,27-19?,29-21?. The zero-order valence-electron chi connectivity index (χ0n) is 17.1. The maximum absolute atomic E-state index is 13.2. The van der Waals surface area contributed by atoms with E-state index in [1.165, 1.54) is 18.3 Å². The van der Waals surface area contributed by atoms with Crippen LogP contribution in [-0.4, -0.2) is 16.6 Å². The topological polar surface area (TPSA) is 58.3 Å². The van der Waals surface area contributed by atoms with Crippen LogP contribution in [0.4, 0.5) is 13.2 Å². The van der Waals surface area contributed by atoms with Gasteiger partial charge in [0.25, 0.3) is 0 Å². The monoisotopic (exact) mass is 437 g/mol. The zero-order valence-corrected chi connectivity index (χ0v) is 17.9. The number of rotatable bonds is 6. The van der Waals surface area contributed by atoms with Crippen molar-refractivity contribution in [1.82, 2.24) is 4.98 Å². The molecule has 0 atom stereocenters. The van der Waals surface area contributed by atoms with Crippen molar-refractivity contribution in [1.29, 1.82) is 5.41 Å². The molecule has 0 spiro atoms. The van der Waals surface area contributed by atoms with Crippen LogP contribution in [0.2, 0.25) is 5.15 Å². The summed E-state index contributed by atoms with van der Waals surface area (Å²) in [6, 6.07) is 8.09. The SMILES string of the molecule is CC/C(C)=C(/N=C(Oc1ccc(Cl)nc1)C(=N)C(C)C)c1cccc(C(F)(F)F)c1. The molecule has 160 valence electrons. The molecule has 2 rings (SSSR count). The van der Waals surface area contributed by atoms with Crippen LogP contribution in [0.25, 0.3) is 5.70 Å². The molecular weight excluding hydrogens is 415 g/mol. The molecular formula is C22H23ClF3N3O. The molecule has 30 heavy (non-hydrogen) atoms. The molecule has 0 radical (unpaired) electrons. The Kier molecular flexibility index (Phi) is 7.78. The highest BCUT2D eigenvalue weighted by molar-refractivity contribution is 6.39. The summed E-state index contributed by atoms with van der Waals surface area (Å²) in [5.74, 6) is 0.101. The highest BCUT2D eigenvalue weighted by Crippen LogP contribution is 2.32. The van der Waals surface area contributed by atoms with E-state index in [0.29, 0.717) is 23.4 Å². The van der Waals surface area contributed by atoms with Gasteiger partial charge < -0.3 is 4.74 Å². The van der Waals surface area contributed by atoms with Gasteiger partial charge in [-0.15, -0.1) is 0 Å². The average molecular weight is 438 g/mol. The summed E-state index contributed by atoms with van der Waals surface area (Å²) < 4.78 is 45.4. The first kappa shape index (κ1) is 23.6. The van der Waals surface area contributed by atoms with Crippen molar-refractivity contribution in [2.75, 3.05) is 0 Å². The lowest BCUT2D eigenvalue weighted by Crippen LogP contribution is -2.25. The molecule has 0 saturated carbocycles. The Morgan fingerprint density at radius 2 is 1.93 bits per heavy atom. The first-order valence-electron chi connectivity index (χ1n) is 9.37. The van der Waals surface area contributed by atoms with Gasteiger partial charge in [-0.25, -0.2) is 9.98 Å². The van der Waals surface area contributed by atoms with Crippen LogP contribution in [0.5, 0.6) is 5.75 Å². The van der Waals surface area contributed by atoms with Gasteiger partial charge in [0.1, 0.15) is 10.9 Å². The van der Waals surface area contributed by atoms with Crippen molar-refractivity contribution in [2.45, 2.75) is 40.3 Å². The van der Waals surface area contributed by atoms with Gasteiger partial charge >= 0.3 is 6.18 Å². The van der Waals surface area contributed by atoms with Gasteiger partial charge in [0.05, 0.1) is 23.2 Å². The van der Waals surface area contributed by atoms with Crippen LogP contribution in [0.1, 0.15) is 45.2 Å². The molecule has 0 aliphatic carbocycles. The van der Waals surface area contributed by atoms with Gasteiger partial charge in [0.15, 0.2) is 0 Å². The maximum Gasteiger partial charge on any atom is 0.416 e. The number of pyridine rings is 1. The van der Waals surface area contributed by atoms with Gasteiger partial charge in [-0.05, 0) is 43.2 Å². The van der Waals surface area contributed by atoms with Gasteiger partial charge in [-0.2, -0.15) is 13.2 Å². The first-order chi connectivity index (χ1) is 14.0. The summed E-state index contributed by atoms with van der Waals surface area (Å²) in [4.78, 5) is 8.44. The van der Waals surface area contributed by atoms with Crippen molar-refractivity contribution in [3.05, 3.63) is 64.4 Å². The fraction of sp³-hybridized carbons (Fsp3) is 0.318. The molecule has 0 fully saturated rings. The van der Waals surface area contributed by atoms with Gasteiger partial charge in [0, 0.05) is 11.5 Å². The van der Waals surface area contributed by atoms with Crippen LogP contribution in [0.15, 0.2) is 53.2 Å². The molecule has 8 heteroatoms. The number of aromatic nitrogens is 1. The van der Waals surface area contributed by atoms with E-state index >= 15 is 0 Å². The van der Waals surface area contributed by atoms with E-state index in [1.54, 1.807) is 19.1 Å². The number of alkyl halides is 3. The third kappa shape index (κ3) is 6.16. The minimum atomic E-state index is -4.47. The lowest BCUT2D eigenvalue weighted by Gasteiger charge is -2.16. The average Bonchev–Trinajstić information content (AvgIpc) is 2.70. The minimum absolute atomic E-state index is 0.00525. The summed E-state index contributed by atoms with van der Waals surface area (Å²) in [5, 5.41) is 8.67. The van der Waals surface area contributed by atoms with Crippen molar-refractivity contribution >= 4 is 28.9 Å². The van der Waals surface area contributed by atoms with Gasteiger partial charge in [0.2, 0.25) is 5.90 Å². The summed E-state index contributed by atoms with van der Waals surface area (Å²) in [6.45, 7) is 7.29. The summed E-state index contributed by atoms with van der Waals surface area (Å²) in [5.41, 5.74) is 0.751. The Balaban J connectivity index is 2.59. The van der Waals surface area contributed by atoms with E-state index < -0.39 is 11.7 Å².